The van der Waals surface area contributed by atoms with Crippen molar-refractivity contribution in [2.45, 2.75) is 72.9 Å². The topological polar surface area (TPSA) is 113 Å². The van der Waals surface area contributed by atoms with E-state index >= 15 is 0 Å². The van der Waals surface area contributed by atoms with Crippen molar-refractivity contribution in [3.05, 3.63) is 58.6 Å². The quantitative estimate of drug-likeness (QED) is 0.156. The van der Waals surface area contributed by atoms with Gasteiger partial charge in [-0.3, -0.25) is 19.3 Å². The van der Waals surface area contributed by atoms with Gasteiger partial charge in [0.05, 0.1) is 7.11 Å². The Morgan fingerprint density at radius 3 is 2.17 bits per heavy atom. The zero-order chi connectivity index (χ0) is 32.0. The van der Waals surface area contributed by atoms with Gasteiger partial charge in [0.25, 0.3) is 5.97 Å². The Morgan fingerprint density at radius 2 is 1.71 bits per heavy atom. The zero-order valence-electron chi connectivity index (χ0n) is 27.2. The predicted octanol–water partition coefficient (Wildman–Crippen LogP) is 5.35. The lowest BCUT2D eigenvalue weighted by atomic mass is 9.88. The van der Waals surface area contributed by atoms with Gasteiger partial charge >= 0.3 is 0 Å². The minimum atomic E-state index is -0.833. The number of aliphatic carboxylic acids is 1. The molecule has 1 unspecified atom stereocenters. The van der Waals surface area contributed by atoms with Gasteiger partial charge in [-0.25, -0.2) is 0 Å². The Balaban J connectivity index is 0.000000417. The van der Waals surface area contributed by atoms with Crippen LogP contribution in [0.25, 0.3) is 10.9 Å². The smallest absolute Gasteiger partial charge is 0.300 e. The lowest BCUT2D eigenvalue weighted by molar-refractivity contribution is -0.134. The number of ether oxygens (including phenoxy) is 1. The van der Waals surface area contributed by atoms with E-state index in [4.69, 9.17) is 14.6 Å². The van der Waals surface area contributed by atoms with E-state index in [0.717, 1.165) is 54.9 Å². The molecule has 1 aliphatic rings. The van der Waals surface area contributed by atoms with Crippen molar-refractivity contribution in [3.63, 3.8) is 0 Å². The molecule has 1 aromatic carbocycles. The number of carbonyl (C=O) groups excluding carboxylic acids is 2. The number of hydrogen-bond donors (Lipinski definition) is 3. The summed E-state index contributed by atoms with van der Waals surface area (Å²) in [5, 5.41) is 14.4. The van der Waals surface area contributed by atoms with Crippen molar-refractivity contribution in [2.24, 2.45) is 5.92 Å². The van der Waals surface area contributed by atoms with Crippen molar-refractivity contribution >= 4 is 29.4 Å². The molecule has 9 nitrogen and oxygen atoms in total. The lowest BCUT2D eigenvalue weighted by Gasteiger charge is -2.42. The van der Waals surface area contributed by atoms with Gasteiger partial charge in [0.2, 0.25) is 0 Å². The van der Waals surface area contributed by atoms with Crippen LogP contribution in [0.15, 0.2) is 47.4 Å². The maximum Gasteiger partial charge on any atom is 0.300 e. The van der Waals surface area contributed by atoms with Gasteiger partial charge in [-0.2, -0.15) is 0 Å². The third-order valence-electron chi connectivity index (χ3n) is 7.69. The number of carboxylic acids is 1. The number of carboxylic acid groups (broad SMARTS) is 1. The molecule has 2 heterocycles. The van der Waals surface area contributed by atoms with Crippen molar-refractivity contribution in [3.8, 4) is 0 Å². The number of nitrogens with one attached hydrogen (secondary N) is 2. The minimum absolute atomic E-state index is 0.259. The first-order valence-corrected chi connectivity index (χ1v) is 14.5. The molecule has 1 aliphatic heterocycles. The standard InChI is InChI=1S/C21H30N2O.C10H18N2O2.C2H4O2/c1-15(17-10-12-22(13-11-17)21(3,4)5)23-16(2)19(14-24)18-8-6-7-9-20(18)23;1-8(12-3)5-10(14-4)9(7-13)6-11-2;1-2(3)4/h6-9,14-15,17H,10-13H2,1-5H3;5,7,11-12H,6H2,1-4H3;1H3,(H,3,4)/b;8-5-,10-9+;. The number of aromatic nitrogens is 1. The van der Waals surface area contributed by atoms with Crippen LogP contribution in [0.3, 0.4) is 0 Å². The zero-order valence-corrected chi connectivity index (χ0v) is 27.2. The molecule has 0 spiro atoms. The Labute approximate surface area is 252 Å². The first kappa shape index (κ1) is 36.6. The number of hydrogen-bond acceptors (Lipinski definition) is 7. The molecule has 1 saturated heterocycles. The fourth-order valence-electron chi connectivity index (χ4n) is 5.28. The average Bonchev–Trinajstić information content (AvgIpc) is 3.24. The number of para-hydroxylation sites is 1. The number of nitrogens with zero attached hydrogens (tertiary/aromatic N) is 2. The van der Waals surface area contributed by atoms with Crippen molar-refractivity contribution < 1.29 is 24.2 Å². The maximum atomic E-state index is 11.6. The summed E-state index contributed by atoms with van der Waals surface area (Å²) in [6, 6.07) is 8.73. The second-order valence-electron chi connectivity index (χ2n) is 11.6. The number of aldehydes is 2. The second kappa shape index (κ2) is 17.5. The van der Waals surface area contributed by atoms with Crippen LogP contribution in [-0.4, -0.2) is 79.5 Å². The summed E-state index contributed by atoms with van der Waals surface area (Å²) in [6.45, 7) is 17.1. The summed E-state index contributed by atoms with van der Waals surface area (Å²) >= 11 is 0. The van der Waals surface area contributed by atoms with Gasteiger partial charge in [-0.1, -0.05) is 18.2 Å². The summed E-state index contributed by atoms with van der Waals surface area (Å²) in [5.41, 5.74) is 4.96. The van der Waals surface area contributed by atoms with Crippen LogP contribution in [0.4, 0.5) is 0 Å². The highest BCUT2D eigenvalue weighted by molar-refractivity contribution is 5.99. The third kappa shape index (κ3) is 10.4. The van der Waals surface area contributed by atoms with Crippen LogP contribution in [0, 0.1) is 12.8 Å². The minimum Gasteiger partial charge on any atom is -0.496 e. The van der Waals surface area contributed by atoms with Gasteiger partial charge in [0.1, 0.15) is 5.76 Å². The number of fused-ring (bicyclic) bond motifs is 1. The van der Waals surface area contributed by atoms with E-state index in [0.29, 0.717) is 29.8 Å². The van der Waals surface area contributed by atoms with Crippen LogP contribution in [0.5, 0.6) is 0 Å². The van der Waals surface area contributed by atoms with Gasteiger partial charge < -0.3 is 25.0 Å². The van der Waals surface area contributed by atoms with Crippen molar-refractivity contribution in [1.29, 1.82) is 0 Å². The normalized spacial score (nSPS) is 15.8. The van der Waals surface area contributed by atoms with Crippen LogP contribution >= 0.6 is 0 Å². The van der Waals surface area contributed by atoms with Gasteiger partial charge in [-0.05, 0) is 92.6 Å². The monoisotopic (exact) mass is 584 g/mol. The number of carbonyl (C=O) groups is 3. The first-order chi connectivity index (χ1) is 19.8. The highest BCUT2D eigenvalue weighted by Crippen LogP contribution is 2.36. The van der Waals surface area contributed by atoms with E-state index < -0.39 is 5.97 Å². The average molecular weight is 585 g/mol. The number of likely N-dealkylation sites (N-methyl/N-ethyl adjacent to an activating group) is 1. The molecule has 0 amide bonds. The van der Waals surface area contributed by atoms with E-state index in [9.17, 15) is 9.59 Å². The number of benzene rings is 1. The number of rotatable bonds is 9. The fourth-order valence-corrected chi connectivity index (χ4v) is 5.28. The molecule has 3 N–H and O–H groups in total. The van der Waals surface area contributed by atoms with E-state index in [1.165, 1.54) is 18.4 Å². The van der Waals surface area contributed by atoms with E-state index in [-0.39, 0.29) is 5.54 Å². The molecule has 0 radical (unpaired) electrons. The van der Waals surface area contributed by atoms with E-state index in [1.54, 1.807) is 20.2 Å². The van der Waals surface area contributed by atoms with E-state index in [2.05, 4.69) is 72.9 Å². The highest BCUT2D eigenvalue weighted by atomic mass is 16.5. The maximum absolute atomic E-state index is 11.6. The molecule has 0 saturated carbocycles. The molecular weight excluding hydrogens is 532 g/mol. The van der Waals surface area contributed by atoms with Crippen LogP contribution in [0.2, 0.25) is 0 Å². The number of methoxy groups -OCH3 is 1. The SMILES string of the molecule is CC(=O)O.CNC/C(C=O)=C(/C=C(/C)NC)OC.Cc1c(C=O)c2ccccc2n1C(C)C1CCN(C(C)(C)C)CC1. The molecule has 0 aliphatic carbocycles. The molecule has 1 aromatic heterocycles. The molecule has 3 rings (SSSR count). The summed E-state index contributed by atoms with van der Waals surface area (Å²) in [6.07, 6.45) is 6.06. The summed E-state index contributed by atoms with van der Waals surface area (Å²) in [5.74, 6) is 0.416. The van der Waals surface area contributed by atoms with E-state index in [1.807, 2.05) is 20.0 Å². The van der Waals surface area contributed by atoms with Crippen LogP contribution in [-0.2, 0) is 14.3 Å². The van der Waals surface area contributed by atoms with Crippen molar-refractivity contribution in [2.75, 3.05) is 40.8 Å². The molecule has 9 heteroatoms. The number of allylic oxidation sites excluding steroid dienone is 2. The second-order valence-corrected chi connectivity index (χ2v) is 11.6. The molecule has 234 valence electrons. The Hall–Kier alpha value is -3.43. The van der Waals surface area contributed by atoms with Crippen molar-refractivity contribution in [1.82, 2.24) is 20.1 Å². The predicted molar refractivity (Wildman–Crippen MR) is 171 cm³/mol. The highest BCUT2D eigenvalue weighted by Gasteiger charge is 2.31. The number of likely N-dealkylation sites (tertiary alicyclic amines) is 1. The molecular formula is C33H52N4O5. The summed E-state index contributed by atoms with van der Waals surface area (Å²) in [4.78, 5) is 33.9. The third-order valence-corrected chi connectivity index (χ3v) is 7.69. The largest absolute Gasteiger partial charge is 0.496 e. The Morgan fingerprint density at radius 1 is 1.14 bits per heavy atom. The van der Waals surface area contributed by atoms with Crippen LogP contribution in [0.1, 0.15) is 76.5 Å². The fraction of sp³-hybridized carbons (Fsp3) is 0.545. The molecule has 1 fully saturated rings. The summed E-state index contributed by atoms with van der Waals surface area (Å²) < 4.78 is 7.52. The molecule has 0 bridgehead atoms. The number of piperidine rings is 1. The first-order valence-electron chi connectivity index (χ1n) is 14.5. The van der Waals surface area contributed by atoms with Gasteiger partial charge in [0.15, 0.2) is 12.6 Å². The summed E-state index contributed by atoms with van der Waals surface area (Å²) in [7, 11) is 5.15. The molecule has 42 heavy (non-hydrogen) atoms. The van der Waals surface area contributed by atoms with Gasteiger partial charge in [0, 0.05) is 65.5 Å². The van der Waals surface area contributed by atoms with Crippen LogP contribution < -0.4 is 10.6 Å². The van der Waals surface area contributed by atoms with Gasteiger partial charge in [-0.15, -0.1) is 0 Å². The molecule has 1 atom stereocenters. The molecule has 2 aromatic rings. The lowest BCUT2D eigenvalue weighted by Crippen LogP contribution is -2.47. The Bertz CT molecular complexity index is 1230. The Kier molecular flexibility index (Phi) is 15.3.